The van der Waals surface area contributed by atoms with E-state index in [9.17, 15) is 0 Å². The van der Waals surface area contributed by atoms with Crippen LogP contribution in [0.4, 0.5) is 0 Å². The molecular weight excluding hydrogens is 312 g/mol. The molecule has 0 N–H and O–H groups in total. The van der Waals surface area contributed by atoms with Crippen LogP contribution >= 0.6 is 0 Å². The summed E-state index contributed by atoms with van der Waals surface area (Å²) in [5.74, 6) is 3.42. The van der Waals surface area contributed by atoms with E-state index in [0.717, 1.165) is 29.5 Å². The molecule has 134 valence electrons. The molecule has 0 aromatic heterocycles. The Morgan fingerprint density at radius 2 is 1.68 bits per heavy atom. The number of piperidine rings is 3. The van der Waals surface area contributed by atoms with Crippen molar-refractivity contribution in [2.45, 2.75) is 62.6 Å². The van der Waals surface area contributed by atoms with Crippen molar-refractivity contribution in [3.63, 3.8) is 0 Å². The predicted octanol–water partition coefficient (Wildman–Crippen LogP) is 3.22. The summed E-state index contributed by atoms with van der Waals surface area (Å²) >= 11 is 0. The molecule has 5 fully saturated rings. The minimum atomic E-state index is 0.373. The van der Waals surface area contributed by atoms with E-state index in [2.05, 4.69) is 28.0 Å². The molecule has 1 aromatic carbocycles. The topological polar surface area (TPSA) is 24.9 Å². The van der Waals surface area contributed by atoms with Crippen LogP contribution in [-0.2, 0) is 0 Å². The Balaban J connectivity index is 1.37. The monoisotopic (exact) mass is 340 g/mol. The van der Waals surface area contributed by atoms with Crippen molar-refractivity contribution in [2.24, 2.45) is 5.92 Å². The average Bonchev–Trinajstić information content (AvgIpc) is 3.40. The first kappa shape index (κ1) is 14.9. The lowest BCUT2D eigenvalue weighted by Crippen LogP contribution is -2.61. The van der Waals surface area contributed by atoms with E-state index in [-0.39, 0.29) is 0 Å². The zero-order chi connectivity index (χ0) is 16.4. The van der Waals surface area contributed by atoms with E-state index in [1.165, 1.54) is 63.7 Å². The fraction of sp³-hybridized carbons (Fsp3) is 0.714. The van der Waals surface area contributed by atoms with Crippen molar-refractivity contribution in [3.05, 3.63) is 23.8 Å². The van der Waals surface area contributed by atoms with Gasteiger partial charge in [0.05, 0.1) is 0 Å². The van der Waals surface area contributed by atoms with Gasteiger partial charge in [0.2, 0.25) is 6.79 Å². The quantitative estimate of drug-likeness (QED) is 0.825. The number of rotatable bonds is 2. The van der Waals surface area contributed by atoms with Gasteiger partial charge in [0.25, 0.3) is 0 Å². The third-order valence-corrected chi connectivity index (χ3v) is 7.65. The second kappa shape index (κ2) is 5.62. The Kier molecular flexibility index (Phi) is 3.34. The minimum absolute atomic E-state index is 0.373. The van der Waals surface area contributed by atoms with Crippen molar-refractivity contribution in [1.29, 1.82) is 0 Å². The number of hydrogen-bond acceptors (Lipinski definition) is 4. The van der Waals surface area contributed by atoms with Gasteiger partial charge in [-0.05, 0) is 62.4 Å². The summed E-state index contributed by atoms with van der Waals surface area (Å²) in [6.07, 6.45) is 8.54. The van der Waals surface area contributed by atoms with Crippen LogP contribution in [0.25, 0.3) is 0 Å². The molecule has 5 aliphatic heterocycles. The SMILES string of the molecule is c1cc2c(cc1[C@@H]1CN(C3CCCC3)[C@@H]3C4CCN(CC4)[C@@H]31)OCO2. The summed E-state index contributed by atoms with van der Waals surface area (Å²) < 4.78 is 11.2. The average molecular weight is 340 g/mol. The van der Waals surface area contributed by atoms with Crippen LogP contribution in [0, 0.1) is 5.92 Å². The van der Waals surface area contributed by atoms with Gasteiger partial charge in [-0.1, -0.05) is 18.9 Å². The van der Waals surface area contributed by atoms with Crippen LogP contribution in [0.1, 0.15) is 50.0 Å². The normalized spacial score (nSPS) is 39.9. The highest BCUT2D eigenvalue weighted by atomic mass is 16.7. The molecule has 4 saturated heterocycles. The molecule has 0 amide bonds. The van der Waals surface area contributed by atoms with Gasteiger partial charge in [0.15, 0.2) is 11.5 Å². The summed E-state index contributed by atoms with van der Waals surface area (Å²) in [5.41, 5.74) is 1.47. The van der Waals surface area contributed by atoms with Gasteiger partial charge in [0, 0.05) is 30.6 Å². The Morgan fingerprint density at radius 1 is 0.880 bits per heavy atom. The Bertz CT molecular complexity index is 664. The highest BCUT2D eigenvalue weighted by molar-refractivity contribution is 5.46. The molecule has 0 unspecified atom stereocenters. The maximum Gasteiger partial charge on any atom is 0.231 e. The Labute approximate surface area is 150 Å². The minimum Gasteiger partial charge on any atom is -0.454 e. The molecule has 2 bridgehead atoms. The van der Waals surface area contributed by atoms with Crippen molar-refractivity contribution < 1.29 is 9.47 Å². The zero-order valence-electron chi connectivity index (χ0n) is 14.9. The summed E-state index contributed by atoms with van der Waals surface area (Å²) in [6, 6.07) is 9.05. The van der Waals surface area contributed by atoms with Crippen molar-refractivity contribution in [2.75, 3.05) is 26.4 Å². The van der Waals surface area contributed by atoms with Crippen LogP contribution in [0.2, 0.25) is 0 Å². The van der Waals surface area contributed by atoms with Crippen molar-refractivity contribution in [1.82, 2.24) is 9.80 Å². The standard InChI is InChI=1S/C21H28N2O2/c1-2-4-16(3-1)23-12-17(15-5-6-18-19(11-15)25-13-24-18)21-20(23)14-7-9-22(21)10-8-14/h5-6,11,14,16-17,20-21H,1-4,7-10,12-13H2/t17-,20+,21+/m0/s1. The molecule has 1 saturated carbocycles. The number of fused-ring (bicyclic) bond motifs is 3. The van der Waals surface area contributed by atoms with Gasteiger partial charge in [-0.15, -0.1) is 0 Å². The van der Waals surface area contributed by atoms with Gasteiger partial charge in [-0.2, -0.15) is 0 Å². The Morgan fingerprint density at radius 3 is 2.52 bits per heavy atom. The summed E-state index contributed by atoms with van der Waals surface area (Å²) in [4.78, 5) is 5.76. The smallest absolute Gasteiger partial charge is 0.231 e. The lowest BCUT2D eigenvalue weighted by Gasteiger charge is -2.52. The predicted molar refractivity (Wildman–Crippen MR) is 96.1 cm³/mol. The molecule has 5 heterocycles. The van der Waals surface area contributed by atoms with Gasteiger partial charge in [-0.3, -0.25) is 9.80 Å². The molecule has 1 aliphatic carbocycles. The molecule has 3 atom stereocenters. The first-order valence-electron chi connectivity index (χ1n) is 10.3. The highest BCUT2D eigenvalue weighted by Crippen LogP contribution is 2.49. The van der Waals surface area contributed by atoms with E-state index < -0.39 is 0 Å². The lowest BCUT2D eigenvalue weighted by atomic mass is 9.75. The van der Waals surface area contributed by atoms with Gasteiger partial charge in [0.1, 0.15) is 0 Å². The number of ether oxygens (including phenoxy) is 2. The maximum absolute atomic E-state index is 5.67. The third kappa shape index (κ3) is 2.20. The van der Waals surface area contributed by atoms with Crippen LogP contribution < -0.4 is 9.47 Å². The van der Waals surface area contributed by atoms with Crippen molar-refractivity contribution >= 4 is 0 Å². The zero-order valence-corrected chi connectivity index (χ0v) is 14.9. The van der Waals surface area contributed by atoms with Crippen LogP contribution in [-0.4, -0.2) is 54.4 Å². The van der Waals surface area contributed by atoms with Crippen LogP contribution in [0.5, 0.6) is 11.5 Å². The first-order valence-corrected chi connectivity index (χ1v) is 10.3. The van der Waals surface area contributed by atoms with E-state index in [1.807, 2.05) is 0 Å². The van der Waals surface area contributed by atoms with E-state index in [1.54, 1.807) is 0 Å². The van der Waals surface area contributed by atoms with Gasteiger partial charge >= 0.3 is 0 Å². The molecule has 7 rings (SSSR count). The molecule has 4 nitrogen and oxygen atoms in total. The summed E-state index contributed by atoms with van der Waals surface area (Å²) in [7, 11) is 0. The van der Waals surface area contributed by atoms with Crippen LogP contribution in [0.15, 0.2) is 18.2 Å². The van der Waals surface area contributed by atoms with Gasteiger partial charge < -0.3 is 9.47 Å². The highest BCUT2D eigenvalue weighted by Gasteiger charge is 2.54. The molecule has 25 heavy (non-hydrogen) atoms. The fourth-order valence-corrected chi connectivity index (χ4v) is 6.55. The summed E-state index contributed by atoms with van der Waals surface area (Å²) in [5, 5.41) is 0. The molecule has 0 radical (unpaired) electrons. The molecule has 0 spiro atoms. The molecular formula is C21H28N2O2. The van der Waals surface area contributed by atoms with Crippen molar-refractivity contribution in [3.8, 4) is 11.5 Å². The number of benzene rings is 1. The van der Waals surface area contributed by atoms with E-state index >= 15 is 0 Å². The fourth-order valence-electron chi connectivity index (χ4n) is 6.55. The first-order chi connectivity index (χ1) is 12.4. The second-order valence-electron chi connectivity index (χ2n) is 8.71. The summed E-state index contributed by atoms with van der Waals surface area (Å²) in [6.45, 7) is 4.24. The van der Waals surface area contributed by atoms with Gasteiger partial charge in [-0.25, -0.2) is 0 Å². The molecule has 4 heteroatoms. The number of likely N-dealkylation sites (tertiary alicyclic amines) is 1. The molecule has 1 aromatic rings. The molecule has 6 aliphatic rings. The second-order valence-corrected chi connectivity index (χ2v) is 8.71. The maximum atomic E-state index is 5.67. The van der Waals surface area contributed by atoms with E-state index in [4.69, 9.17) is 9.47 Å². The number of hydrogen-bond donors (Lipinski definition) is 0. The number of nitrogens with zero attached hydrogens (tertiary/aromatic N) is 2. The lowest BCUT2D eigenvalue weighted by molar-refractivity contribution is -0.0178. The van der Waals surface area contributed by atoms with Crippen LogP contribution in [0.3, 0.4) is 0 Å². The van der Waals surface area contributed by atoms with E-state index in [0.29, 0.717) is 18.8 Å². The third-order valence-electron chi connectivity index (χ3n) is 7.65. The Hall–Kier alpha value is -1.26. The largest absolute Gasteiger partial charge is 0.454 e.